The third-order valence-electron chi connectivity index (χ3n) is 3.97. The van der Waals surface area contributed by atoms with Crippen LogP contribution < -0.4 is 0 Å². The quantitative estimate of drug-likeness (QED) is 0.434. The monoisotopic (exact) mass is 343 g/mol. The molecule has 0 saturated heterocycles. The minimum Gasteiger partial charge on any atom is -0.489 e. The number of methoxy groups -OCH3 is 2. The van der Waals surface area contributed by atoms with Crippen LogP contribution in [0.5, 0.6) is 0 Å². The second-order valence-corrected chi connectivity index (χ2v) is 5.61. The van der Waals surface area contributed by atoms with Gasteiger partial charge in [-0.2, -0.15) is 0 Å². The Hall–Kier alpha value is -1.62. The minimum atomic E-state index is -2.73. The van der Waals surface area contributed by atoms with E-state index >= 15 is 0 Å². The summed E-state index contributed by atoms with van der Waals surface area (Å²) >= 11 is 0. The third-order valence-corrected chi connectivity index (χ3v) is 3.97. The predicted octanol–water partition coefficient (Wildman–Crippen LogP) is 3.46. The Morgan fingerprint density at radius 1 is 0.917 bits per heavy atom. The highest BCUT2D eigenvalue weighted by atomic mass is 16.5. The van der Waals surface area contributed by atoms with Gasteiger partial charge in [-0.3, -0.25) is 9.59 Å². The predicted molar refractivity (Wildman–Crippen MR) is 92.4 cm³/mol. The van der Waals surface area contributed by atoms with E-state index in [1.807, 2.05) is 0 Å². The molecule has 5 heteroatoms. The molecule has 1 N–H and O–H groups in total. The van der Waals surface area contributed by atoms with E-state index in [0.29, 0.717) is 19.3 Å². The molecule has 0 aromatic rings. The van der Waals surface area contributed by atoms with Crippen molar-refractivity contribution in [1.82, 2.24) is 0 Å². The third kappa shape index (κ3) is 5.48. The van der Waals surface area contributed by atoms with Gasteiger partial charge in [0.25, 0.3) is 0 Å². The molecule has 0 saturated carbocycles. The standard InChI is InChI=1S/C19H30O5/c1-14-15(12-10-8-6-4-5-7-9-11-13-20)17(22)19(24-3)18(23-2)16(14)21/h20H,4-13H2,1-3H3/i1D3,11D2. The first kappa shape index (κ1) is 13.6. The number of hydrogen-bond donors (Lipinski definition) is 1. The number of Topliss-reactive ketones (excluding diaryl/α,β-unsaturated/α-hetero) is 2. The molecule has 0 fully saturated rings. The van der Waals surface area contributed by atoms with Crippen molar-refractivity contribution < 1.29 is 31.0 Å². The molecule has 0 radical (unpaired) electrons. The summed E-state index contributed by atoms with van der Waals surface area (Å²) in [5, 5.41) is 8.89. The van der Waals surface area contributed by atoms with Crippen molar-refractivity contribution >= 4 is 11.6 Å². The fourth-order valence-corrected chi connectivity index (χ4v) is 2.65. The van der Waals surface area contributed by atoms with Gasteiger partial charge in [0.05, 0.1) is 14.2 Å². The molecular weight excluding hydrogens is 308 g/mol. The molecule has 1 rings (SSSR count). The number of ether oxygens (including phenoxy) is 2. The molecule has 5 nitrogen and oxygen atoms in total. The van der Waals surface area contributed by atoms with E-state index in [9.17, 15) is 9.59 Å². The van der Waals surface area contributed by atoms with E-state index in [4.69, 9.17) is 21.4 Å². The second-order valence-electron chi connectivity index (χ2n) is 5.61. The van der Waals surface area contributed by atoms with Crippen LogP contribution in [-0.2, 0) is 19.1 Å². The first-order valence-electron chi connectivity index (χ1n) is 10.8. The lowest BCUT2D eigenvalue weighted by Gasteiger charge is -2.20. The van der Waals surface area contributed by atoms with Crippen LogP contribution in [0.25, 0.3) is 0 Å². The van der Waals surface area contributed by atoms with Crippen LogP contribution in [0.2, 0.25) is 0 Å². The highest BCUT2D eigenvalue weighted by molar-refractivity contribution is 6.23. The van der Waals surface area contributed by atoms with Gasteiger partial charge in [0.2, 0.25) is 23.1 Å². The lowest BCUT2D eigenvalue weighted by molar-refractivity contribution is -0.121. The van der Waals surface area contributed by atoms with Gasteiger partial charge in [-0.25, -0.2) is 0 Å². The average Bonchev–Trinajstić information content (AvgIpc) is 2.64. The molecule has 0 atom stereocenters. The first-order valence-corrected chi connectivity index (χ1v) is 8.26. The zero-order valence-electron chi connectivity index (χ0n) is 19.4. The number of ketones is 2. The Morgan fingerprint density at radius 2 is 1.46 bits per heavy atom. The molecule has 136 valence electrons. The maximum Gasteiger partial charge on any atom is 0.228 e. The lowest BCUT2D eigenvalue weighted by Crippen LogP contribution is -2.25. The zero-order chi connectivity index (χ0) is 22.2. The van der Waals surface area contributed by atoms with Gasteiger partial charge in [-0.15, -0.1) is 0 Å². The van der Waals surface area contributed by atoms with Gasteiger partial charge in [0.15, 0.2) is 0 Å². The summed E-state index contributed by atoms with van der Waals surface area (Å²) in [6.07, 6.45) is 3.44. The summed E-state index contributed by atoms with van der Waals surface area (Å²) < 4.78 is 47.9. The summed E-state index contributed by atoms with van der Waals surface area (Å²) in [6, 6.07) is 0. The molecule has 0 heterocycles. The van der Waals surface area contributed by atoms with E-state index in [-0.39, 0.29) is 23.5 Å². The highest BCUT2D eigenvalue weighted by Crippen LogP contribution is 2.28. The van der Waals surface area contributed by atoms with E-state index in [1.165, 1.54) is 14.2 Å². The fourth-order valence-electron chi connectivity index (χ4n) is 2.65. The summed E-state index contributed by atoms with van der Waals surface area (Å²) in [7, 11) is 2.42. The smallest absolute Gasteiger partial charge is 0.228 e. The lowest BCUT2D eigenvalue weighted by atomic mass is 9.89. The van der Waals surface area contributed by atoms with Crippen molar-refractivity contribution in [1.29, 1.82) is 0 Å². The maximum atomic E-state index is 12.7. The van der Waals surface area contributed by atoms with Gasteiger partial charge in [-0.05, 0) is 26.1 Å². The van der Waals surface area contributed by atoms with Crippen LogP contribution in [0.4, 0.5) is 0 Å². The van der Waals surface area contributed by atoms with Crippen molar-refractivity contribution in [3.8, 4) is 0 Å². The minimum absolute atomic E-state index is 0.0382. The van der Waals surface area contributed by atoms with Gasteiger partial charge in [0.1, 0.15) is 0 Å². The Balaban J connectivity index is 2.66. The highest BCUT2D eigenvalue weighted by Gasteiger charge is 2.34. The molecule has 1 aliphatic carbocycles. The first-order chi connectivity index (χ1) is 13.5. The number of carbonyl (C=O) groups is 2. The van der Waals surface area contributed by atoms with Gasteiger partial charge in [-0.1, -0.05) is 38.5 Å². The zero-order valence-corrected chi connectivity index (χ0v) is 14.4. The Morgan fingerprint density at radius 3 is 2.00 bits per heavy atom. The molecular formula is C19H30O5. The van der Waals surface area contributed by atoms with Crippen molar-refractivity contribution in [3.63, 3.8) is 0 Å². The fraction of sp³-hybridized carbons (Fsp3) is 0.684. The van der Waals surface area contributed by atoms with Crippen LogP contribution in [0.3, 0.4) is 0 Å². The van der Waals surface area contributed by atoms with Gasteiger partial charge >= 0.3 is 0 Å². The number of hydrogen-bond acceptors (Lipinski definition) is 5. The van der Waals surface area contributed by atoms with E-state index in [2.05, 4.69) is 0 Å². The van der Waals surface area contributed by atoms with E-state index in [1.54, 1.807) is 0 Å². The Bertz CT molecular complexity index is 664. The number of unbranched alkanes of at least 4 members (excludes halogenated alkanes) is 5. The topological polar surface area (TPSA) is 72.8 Å². The summed E-state index contributed by atoms with van der Waals surface area (Å²) in [5.41, 5.74) is -0.532. The summed E-state index contributed by atoms with van der Waals surface area (Å²) in [4.78, 5) is 25.2. The maximum absolute atomic E-state index is 12.7. The molecule has 0 aromatic carbocycles. The van der Waals surface area contributed by atoms with Crippen LogP contribution in [0, 0.1) is 0 Å². The van der Waals surface area contributed by atoms with Crippen molar-refractivity contribution in [2.45, 2.75) is 64.6 Å². The molecule has 0 unspecified atom stereocenters. The van der Waals surface area contributed by atoms with Crippen molar-refractivity contribution in [2.24, 2.45) is 0 Å². The Labute approximate surface area is 151 Å². The number of aliphatic hydroxyl groups excluding tert-OH is 1. The number of rotatable bonds is 12. The van der Waals surface area contributed by atoms with Crippen molar-refractivity contribution in [3.05, 3.63) is 22.7 Å². The van der Waals surface area contributed by atoms with Crippen LogP contribution in [0.1, 0.15) is 71.4 Å². The molecule has 24 heavy (non-hydrogen) atoms. The van der Waals surface area contributed by atoms with Crippen LogP contribution >= 0.6 is 0 Å². The largest absolute Gasteiger partial charge is 0.489 e. The number of aliphatic hydroxyl groups is 1. The van der Waals surface area contributed by atoms with Crippen molar-refractivity contribution in [2.75, 3.05) is 20.8 Å². The van der Waals surface area contributed by atoms with Crippen LogP contribution in [0.15, 0.2) is 22.7 Å². The number of allylic oxidation sites excluding steroid dienone is 2. The molecule has 0 spiro atoms. The van der Waals surface area contributed by atoms with E-state index in [0.717, 1.165) is 25.7 Å². The summed E-state index contributed by atoms with van der Waals surface area (Å²) in [5.74, 6) is -2.10. The van der Waals surface area contributed by atoms with E-state index < -0.39 is 37.0 Å². The second kappa shape index (κ2) is 11.0. The molecule has 0 bridgehead atoms. The number of carbonyl (C=O) groups excluding carboxylic acids is 2. The SMILES string of the molecule is [2H]C([2H])(CO)CCCCCCCCC1=C(C([2H])([2H])[2H])C(=O)C(OC)=C(OC)C1=O. The molecule has 0 amide bonds. The molecule has 0 aromatic heterocycles. The van der Waals surface area contributed by atoms with Gasteiger partial charge in [0, 0.05) is 24.6 Å². The van der Waals surface area contributed by atoms with Gasteiger partial charge < -0.3 is 14.6 Å². The Kier molecular flexibility index (Phi) is 6.27. The molecule has 1 aliphatic rings. The summed E-state index contributed by atoms with van der Waals surface area (Å²) in [6.45, 7) is -3.21. The van der Waals surface area contributed by atoms with Crippen LogP contribution in [-0.4, -0.2) is 37.5 Å². The normalized spacial score (nSPS) is 19.5. The molecule has 0 aliphatic heterocycles. The average molecular weight is 343 g/mol.